The molecule has 0 aliphatic carbocycles. The number of guanidine groups is 2. The number of rotatable bonds is 24. The lowest BCUT2D eigenvalue weighted by molar-refractivity contribution is -0.144. The van der Waals surface area contributed by atoms with Crippen molar-refractivity contribution in [1.82, 2.24) is 26.6 Å². The van der Waals surface area contributed by atoms with Crippen molar-refractivity contribution in [1.29, 1.82) is 0 Å². The molecule has 0 unspecified atom stereocenters. The second kappa shape index (κ2) is 23.2. The van der Waals surface area contributed by atoms with Crippen LogP contribution in [-0.2, 0) is 33.6 Å². The monoisotopic (exact) mass is 716 g/mol. The molecule has 0 heterocycles. The first kappa shape index (κ1) is 44.8. The smallest absolute Gasteiger partial charge is 0.328 e. The van der Waals surface area contributed by atoms with Gasteiger partial charge in [-0.15, -0.1) is 0 Å². The Balaban J connectivity index is 5.97. The van der Waals surface area contributed by atoms with Crippen LogP contribution in [-0.4, -0.2) is 125 Å². The molecule has 0 fully saturated rings. The van der Waals surface area contributed by atoms with Gasteiger partial charge in [0.1, 0.15) is 30.2 Å². The van der Waals surface area contributed by atoms with Crippen molar-refractivity contribution < 1.29 is 48.9 Å². The fourth-order valence-electron chi connectivity index (χ4n) is 4.16. The van der Waals surface area contributed by atoms with Gasteiger partial charge in [0.15, 0.2) is 11.9 Å². The molecule has 0 radical (unpaired) electrons. The second-order valence-electron chi connectivity index (χ2n) is 11.4. The van der Waals surface area contributed by atoms with Crippen molar-refractivity contribution in [3.8, 4) is 0 Å². The zero-order chi connectivity index (χ0) is 38.6. The third-order valence-electron chi connectivity index (χ3n) is 7.24. The van der Waals surface area contributed by atoms with Crippen LogP contribution >= 0.6 is 0 Å². The van der Waals surface area contributed by atoms with Gasteiger partial charge in [0.2, 0.25) is 29.5 Å². The lowest BCUT2D eigenvalue weighted by Crippen LogP contribution is -2.60. The van der Waals surface area contributed by atoms with Gasteiger partial charge in [-0.05, 0) is 38.5 Å². The van der Waals surface area contributed by atoms with Crippen LogP contribution < -0.4 is 55.3 Å². The zero-order valence-electron chi connectivity index (χ0n) is 28.4. The highest BCUT2D eigenvalue weighted by atomic mass is 16.4. The number of nitrogens with one attached hydrogen (secondary N) is 5. The number of hydrogen-bond acceptors (Lipinski definition) is 11. The van der Waals surface area contributed by atoms with E-state index in [1.807, 2.05) is 5.32 Å². The number of carboxylic acids is 2. The predicted molar refractivity (Wildman–Crippen MR) is 180 cm³/mol. The number of nitrogens with zero attached hydrogens (tertiary/aromatic N) is 2. The van der Waals surface area contributed by atoms with Gasteiger partial charge in [-0.2, -0.15) is 0 Å². The quantitative estimate of drug-likeness (QED) is 0.0252. The third-order valence-corrected chi connectivity index (χ3v) is 7.24. The standard InChI is InChI=1S/C28H52N12O10/c1-4-13(2)20(25(48)38-17(11-19(42)43)24(47)36-14(3)21(44)39-18(12-41)26(49)50)40-23(46)16(8-6-10-35-28(32)33)37-22(45)15(29)7-5-9-34-27(30)31/h13-18,20,41H,4-12,29H2,1-3H3,(H,36,47)(H,37,45)(H,38,48)(H,39,44)(H,40,46)(H,42,43)(H,49,50)(H4,30,31,34)(H4,32,33,35)/t13-,14-,15-,16-,17-,18-,20-/m0/s1. The van der Waals surface area contributed by atoms with Crippen LogP contribution in [0.25, 0.3) is 0 Å². The van der Waals surface area contributed by atoms with Crippen molar-refractivity contribution >= 4 is 53.4 Å². The Kier molecular flexibility index (Phi) is 20.7. The fraction of sp³-hybridized carbons (Fsp3) is 0.679. The average Bonchev–Trinajstić information content (AvgIpc) is 3.03. The van der Waals surface area contributed by atoms with Crippen molar-refractivity contribution in [2.75, 3.05) is 19.7 Å². The van der Waals surface area contributed by atoms with Crippen molar-refractivity contribution in [2.24, 2.45) is 44.6 Å². The minimum Gasteiger partial charge on any atom is -0.481 e. The maximum absolute atomic E-state index is 13.5. The summed E-state index contributed by atoms with van der Waals surface area (Å²) in [5, 5.41) is 39.2. The molecule has 22 nitrogen and oxygen atoms in total. The summed E-state index contributed by atoms with van der Waals surface area (Å²) in [7, 11) is 0. The van der Waals surface area contributed by atoms with Crippen LogP contribution in [0.2, 0.25) is 0 Å². The first-order chi connectivity index (χ1) is 23.3. The molecule has 0 aliphatic rings. The summed E-state index contributed by atoms with van der Waals surface area (Å²) in [6.07, 6.45) is 0.207. The van der Waals surface area contributed by atoms with E-state index >= 15 is 0 Å². The highest BCUT2D eigenvalue weighted by Gasteiger charge is 2.34. The summed E-state index contributed by atoms with van der Waals surface area (Å²) < 4.78 is 0. The van der Waals surface area contributed by atoms with E-state index in [1.165, 1.54) is 6.92 Å². The van der Waals surface area contributed by atoms with Crippen LogP contribution in [0.4, 0.5) is 0 Å². The lowest BCUT2D eigenvalue weighted by atomic mass is 9.96. The van der Waals surface area contributed by atoms with Gasteiger partial charge in [-0.25, -0.2) is 4.79 Å². The number of carboxylic acid groups (broad SMARTS) is 2. The summed E-state index contributed by atoms with van der Waals surface area (Å²) in [5.74, 6) is -8.43. The van der Waals surface area contributed by atoms with E-state index in [0.29, 0.717) is 12.8 Å². The maximum atomic E-state index is 13.5. The average molecular weight is 717 g/mol. The Bertz CT molecular complexity index is 1240. The Morgan fingerprint density at radius 3 is 1.64 bits per heavy atom. The summed E-state index contributed by atoms with van der Waals surface area (Å²) in [6, 6.07) is -8.39. The topological polar surface area (TPSA) is 395 Å². The van der Waals surface area contributed by atoms with Gasteiger partial charge in [0.25, 0.3) is 0 Å². The van der Waals surface area contributed by atoms with Gasteiger partial charge in [0, 0.05) is 13.1 Å². The molecule has 0 rings (SSSR count). The summed E-state index contributed by atoms with van der Waals surface area (Å²) in [5.41, 5.74) is 27.3. The highest BCUT2D eigenvalue weighted by Crippen LogP contribution is 2.11. The molecule has 0 spiro atoms. The Morgan fingerprint density at radius 1 is 0.660 bits per heavy atom. The number of carbonyl (C=O) groups is 7. The molecule has 0 saturated heterocycles. The van der Waals surface area contributed by atoms with Gasteiger partial charge >= 0.3 is 11.9 Å². The molecule has 0 aromatic rings. The molecule has 0 aliphatic heterocycles. The molecule has 0 saturated carbocycles. The van der Waals surface area contributed by atoms with Gasteiger partial charge < -0.3 is 70.6 Å². The Labute approximate surface area is 288 Å². The van der Waals surface area contributed by atoms with Crippen LogP contribution in [0.5, 0.6) is 0 Å². The number of aliphatic imine (C=N–C) groups is 2. The molecular weight excluding hydrogens is 664 g/mol. The SMILES string of the molecule is CC[C@H](C)[C@H](NC(=O)[C@H](CCCN=C(N)N)NC(=O)[C@@H](N)CCCN=C(N)N)C(=O)N[C@@H](CC(=O)O)C(=O)N[C@@H](C)C(=O)N[C@@H](CO)C(=O)O. The van der Waals surface area contributed by atoms with Crippen molar-refractivity contribution in [2.45, 2.75) is 95.5 Å². The van der Waals surface area contributed by atoms with Crippen molar-refractivity contribution in [3.63, 3.8) is 0 Å². The number of nitrogens with two attached hydrogens (primary N) is 5. The number of amides is 5. The molecule has 0 bridgehead atoms. The van der Waals surface area contributed by atoms with Crippen molar-refractivity contribution in [3.05, 3.63) is 0 Å². The summed E-state index contributed by atoms with van der Waals surface area (Å²) in [6.45, 7) is 3.90. The number of carbonyl (C=O) groups excluding carboxylic acids is 5. The first-order valence-electron chi connectivity index (χ1n) is 15.8. The molecule has 0 aromatic carbocycles. The normalized spacial score (nSPS) is 14.9. The van der Waals surface area contributed by atoms with E-state index in [1.54, 1.807) is 13.8 Å². The van der Waals surface area contributed by atoms with Crippen LogP contribution in [0, 0.1) is 5.92 Å². The Morgan fingerprint density at radius 2 is 1.16 bits per heavy atom. The van der Waals surface area contributed by atoms with E-state index in [4.69, 9.17) is 38.9 Å². The third kappa shape index (κ3) is 17.8. The molecule has 50 heavy (non-hydrogen) atoms. The summed E-state index contributed by atoms with van der Waals surface area (Å²) in [4.78, 5) is 95.6. The molecule has 22 heteroatoms. The Hall–Kier alpha value is -5.25. The van der Waals surface area contributed by atoms with E-state index in [2.05, 4.69) is 31.3 Å². The number of aliphatic carboxylic acids is 2. The first-order valence-corrected chi connectivity index (χ1v) is 15.8. The number of hydrogen-bond donors (Lipinski definition) is 13. The zero-order valence-corrected chi connectivity index (χ0v) is 28.4. The minimum atomic E-state index is -1.74. The molecule has 7 atom stereocenters. The van der Waals surface area contributed by atoms with Gasteiger partial charge in [0.05, 0.1) is 19.1 Å². The van der Waals surface area contributed by atoms with Crippen LogP contribution in [0.1, 0.15) is 59.3 Å². The molecule has 5 amide bonds. The van der Waals surface area contributed by atoms with Gasteiger partial charge in [-0.3, -0.25) is 38.8 Å². The van der Waals surface area contributed by atoms with E-state index < -0.39 is 96.7 Å². The second-order valence-corrected chi connectivity index (χ2v) is 11.4. The number of aliphatic hydroxyl groups excluding tert-OH is 1. The van der Waals surface area contributed by atoms with Gasteiger partial charge in [-0.1, -0.05) is 20.3 Å². The fourth-order valence-corrected chi connectivity index (χ4v) is 4.16. The summed E-state index contributed by atoms with van der Waals surface area (Å²) >= 11 is 0. The maximum Gasteiger partial charge on any atom is 0.328 e. The highest BCUT2D eigenvalue weighted by molar-refractivity contribution is 5.97. The molecule has 18 N–H and O–H groups in total. The lowest BCUT2D eigenvalue weighted by Gasteiger charge is -2.28. The van der Waals surface area contributed by atoms with E-state index in [9.17, 15) is 38.7 Å². The van der Waals surface area contributed by atoms with Crippen LogP contribution in [0.3, 0.4) is 0 Å². The largest absolute Gasteiger partial charge is 0.481 e. The van der Waals surface area contributed by atoms with E-state index in [0.717, 1.165) is 0 Å². The number of aliphatic hydroxyl groups is 1. The minimum absolute atomic E-state index is 0.0208. The predicted octanol–water partition coefficient (Wildman–Crippen LogP) is -5.54. The van der Waals surface area contributed by atoms with E-state index in [-0.39, 0.29) is 44.3 Å². The molecular formula is C28H52N12O10. The molecule has 0 aromatic heterocycles. The van der Waals surface area contributed by atoms with Crippen LogP contribution in [0.15, 0.2) is 9.98 Å². The molecule has 284 valence electrons.